The van der Waals surface area contributed by atoms with E-state index in [0.29, 0.717) is 18.5 Å². The molecular weight excluding hydrogens is 238 g/mol. The number of guanidine groups is 1. The molecule has 0 aliphatic rings. The Bertz CT molecular complexity index is 392. The normalized spacial score (nSPS) is 12.3. The summed E-state index contributed by atoms with van der Waals surface area (Å²) in [5.74, 6) is 2.46. The Balaban J connectivity index is 2.68. The van der Waals surface area contributed by atoms with Crippen molar-refractivity contribution in [2.45, 2.75) is 53.8 Å². The largest absolute Gasteiger partial charge is 0.357 e. The molecule has 0 aliphatic carbocycles. The summed E-state index contributed by atoms with van der Waals surface area (Å²) >= 11 is 0. The van der Waals surface area contributed by atoms with E-state index in [-0.39, 0.29) is 0 Å². The highest BCUT2D eigenvalue weighted by Gasteiger charge is 2.05. The van der Waals surface area contributed by atoms with Crippen LogP contribution in [0, 0.1) is 5.92 Å². The topological polar surface area (TPSA) is 54.2 Å². The summed E-state index contributed by atoms with van der Waals surface area (Å²) in [5, 5.41) is 6.54. The molecule has 0 radical (unpaired) electrons. The van der Waals surface area contributed by atoms with Crippen molar-refractivity contribution < 1.29 is 0 Å². The first-order chi connectivity index (χ1) is 9.02. The average Bonchev–Trinajstić information content (AvgIpc) is 2.72. The smallest absolute Gasteiger partial charge is 0.191 e. The molecule has 0 atom stereocenters. The molecule has 0 spiro atoms. The molecule has 5 nitrogen and oxygen atoms in total. The lowest BCUT2D eigenvalue weighted by molar-refractivity contribution is 0.507. The number of imidazole rings is 1. The fourth-order valence-electron chi connectivity index (χ4n) is 1.79. The highest BCUT2D eigenvalue weighted by atomic mass is 15.2. The molecule has 108 valence electrons. The summed E-state index contributed by atoms with van der Waals surface area (Å²) in [4.78, 5) is 8.96. The van der Waals surface area contributed by atoms with Gasteiger partial charge < -0.3 is 15.2 Å². The Hall–Kier alpha value is -1.52. The highest BCUT2D eigenvalue weighted by molar-refractivity contribution is 5.79. The van der Waals surface area contributed by atoms with Gasteiger partial charge in [0.1, 0.15) is 12.4 Å². The zero-order valence-electron chi connectivity index (χ0n) is 12.8. The van der Waals surface area contributed by atoms with Crippen LogP contribution in [0.1, 0.15) is 40.4 Å². The van der Waals surface area contributed by atoms with Crippen molar-refractivity contribution in [3.63, 3.8) is 0 Å². The van der Waals surface area contributed by atoms with Crippen molar-refractivity contribution >= 4 is 5.96 Å². The monoisotopic (exact) mass is 265 g/mol. The van der Waals surface area contributed by atoms with Gasteiger partial charge in [-0.25, -0.2) is 9.98 Å². The molecule has 0 saturated carbocycles. The molecule has 0 aliphatic heterocycles. The number of aliphatic imine (C=N–C) groups is 1. The number of hydrogen-bond acceptors (Lipinski definition) is 2. The number of hydrogen-bond donors (Lipinski definition) is 2. The zero-order chi connectivity index (χ0) is 14.3. The van der Waals surface area contributed by atoms with E-state index in [1.54, 1.807) is 0 Å². The van der Waals surface area contributed by atoms with Crippen LogP contribution in [0.4, 0.5) is 0 Å². The van der Waals surface area contributed by atoms with Crippen LogP contribution in [0.3, 0.4) is 0 Å². The molecular formula is C14H27N5. The minimum atomic E-state index is 0.369. The minimum Gasteiger partial charge on any atom is -0.357 e. The SMILES string of the molecule is CCNC(=NCc1nccn1CC(C)C)NC(C)C. The first-order valence-corrected chi connectivity index (χ1v) is 7.07. The van der Waals surface area contributed by atoms with Gasteiger partial charge in [-0.1, -0.05) is 13.8 Å². The zero-order valence-corrected chi connectivity index (χ0v) is 12.8. The molecule has 1 heterocycles. The molecule has 0 aromatic carbocycles. The Morgan fingerprint density at radius 1 is 1.37 bits per heavy atom. The maximum absolute atomic E-state index is 4.58. The Kier molecular flexibility index (Phi) is 6.39. The van der Waals surface area contributed by atoms with Crippen LogP contribution in [-0.2, 0) is 13.1 Å². The standard InChI is InChI=1S/C14H27N5/c1-6-15-14(18-12(4)5)17-9-13-16-7-8-19(13)10-11(2)3/h7-8,11-12H,6,9-10H2,1-5H3,(H2,15,17,18). The van der Waals surface area contributed by atoms with Gasteiger partial charge in [0.25, 0.3) is 0 Å². The Labute approximate surface area is 116 Å². The first-order valence-electron chi connectivity index (χ1n) is 7.07. The van der Waals surface area contributed by atoms with E-state index in [2.05, 4.69) is 59.8 Å². The van der Waals surface area contributed by atoms with Crippen LogP contribution in [-0.4, -0.2) is 28.1 Å². The average molecular weight is 265 g/mol. The predicted molar refractivity (Wildman–Crippen MR) is 80.2 cm³/mol. The molecule has 1 aromatic heterocycles. The first kappa shape index (κ1) is 15.5. The van der Waals surface area contributed by atoms with E-state index in [1.807, 2.05) is 12.4 Å². The molecule has 0 bridgehead atoms. The lowest BCUT2D eigenvalue weighted by Crippen LogP contribution is -2.41. The second-order valence-corrected chi connectivity index (χ2v) is 5.38. The van der Waals surface area contributed by atoms with E-state index in [4.69, 9.17) is 0 Å². The van der Waals surface area contributed by atoms with Gasteiger partial charge in [-0.15, -0.1) is 0 Å². The molecule has 1 aromatic rings. The van der Waals surface area contributed by atoms with Crippen molar-refractivity contribution in [1.29, 1.82) is 0 Å². The summed E-state index contributed by atoms with van der Waals surface area (Å²) in [5.41, 5.74) is 0. The number of nitrogens with zero attached hydrogens (tertiary/aromatic N) is 3. The summed E-state index contributed by atoms with van der Waals surface area (Å²) < 4.78 is 2.17. The van der Waals surface area contributed by atoms with Crippen LogP contribution >= 0.6 is 0 Å². The van der Waals surface area contributed by atoms with Gasteiger partial charge in [0.05, 0.1) is 0 Å². The number of nitrogens with one attached hydrogen (secondary N) is 2. The maximum atomic E-state index is 4.58. The van der Waals surface area contributed by atoms with E-state index < -0.39 is 0 Å². The fourth-order valence-corrected chi connectivity index (χ4v) is 1.79. The molecule has 0 fully saturated rings. The molecule has 5 heteroatoms. The van der Waals surface area contributed by atoms with Crippen molar-refractivity contribution in [2.75, 3.05) is 6.54 Å². The van der Waals surface area contributed by atoms with Crippen molar-refractivity contribution in [3.05, 3.63) is 18.2 Å². The van der Waals surface area contributed by atoms with E-state index in [1.165, 1.54) is 0 Å². The molecule has 0 unspecified atom stereocenters. The molecule has 0 amide bonds. The third kappa shape index (κ3) is 5.77. The highest BCUT2D eigenvalue weighted by Crippen LogP contribution is 2.04. The van der Waals surface area contributed by atoms with E-state index in [9.17, 15) is 0 Å². The second-order valence-electron chi connectivity index (χ2n) is 5.38. The second kappa shape index (κ2) is 7.81. The lowest BCUT2D eigenvalue weighted by atomic mass is 10.2. The van der Waals surface area contributed by atoms with Crippen LogP contribution in [0.5, 0.6) is 0 Å². The molecule has 19 heavy (non-hydrogen) atoms. The van der Waals surface area contributed by atoms with E-state index in [0.717, 1.165) is 24.9 Å². The summed E-state index contributed by atoms with van der Waals surface area (Å²) in [6, 6.07) is 0.369. The van der Waals surface area contributed by atoms with Crippen molar-refractivity contribution in [1.82, 2.24) is 20.2 Å². The van der Waals surface area contributed by atoms with Crippen LogP contribution in [0.25, 0.3) is 0 Å². The van der Waals surface area contributed by atoms with Gasteiger partial charge in [0.15, 0.2) is 5.96 Å². The van der Waals surface area contributed by atoms with E-state index >= 15 is 0 Å². The summed E-state index contributed by atoms with van der Waals surface area (Å²) in [6.45, 7) is 13.1. The summed E-state index contributed by atoms with van der Waals surface area (Å²) in [6.07, 6.45) is 3.86. The van der Waals surface area contributed by atoms with Crippen molar-refractivity contribution in [3.8, 4) is 0 Å². The van der Waals surface area contributed by atoms with Crippen LogP contribution < -0.4 is 10.6 Å². The third-order valence-electron chi connectivity index (χ3n) is 2.51. The van der Waals surface area contributed by atoms with Crippen LogP contribution in [0.15, 0.2) is 17.4 Å². The fraction of sp³-hybridized carbons (Fsp3) is 0.714. The van der Waals surface area contributed by atoms with Gasteiger partial charge in [-0.3, -0.25) is 0 Å². The van der Waals surface area contributed by atoms with Gasteiger partial charge in [-0.05, 0) is 26.7 Å². The van der Waals surface area contributed by atoms with Gasteiger partial charge in [-0.2, -0.15) is 0 Å². The number of rotatable bonds is 6. The Morgan fingerprint density at radius 2 is 2.11 bits per heavy atom. The third-order valence-corrected chi connectivity index (χ3v) is 2.51. The summed E-state index contributed by atoms with van der Waals surface area (Å²) in [7, 11) is 0. The lowest BCUT2D eigenvalue weighted by Gasteiger charge is -2.14. The minimum absolute atomic E-state index is 0.369. The van der Waals surface area contributed by atoms with Gasteiger partial charge in [0, 0.05) is 31.5 Å². The quantitative estimate of drug-likeness (QED) is 0.611. The molecule has 1 rings (SSSR count). The molecule has 2 N–H and O–H groups in total. The maximum Gasteiger partial charge on any atom is 0.191 e. The predicted octanol–water partition coefficient (Wildman–Crippen LogP) is 2.00. The van der Waals surface area contributed by atoms with Crippen LogP contribution in [0.2, 0.25) is 0 Å². The van der Waals surface area contributed by atoms with Crippen molar-refractivity contribution in [2.24, 2.45) is 10.9 Å². The Morgan fingerprint density at radius 3 is 2.68 bits per heavy atom. The van der Waals surface area contributed by atoms with Gasteiger partial charge in [0.2, 0.25) is 0 Å². The molecule has 0 saturated heterocycles. The van der Waals surface area contributed by atoms with Gasteiger partial charge >= 0.3 is 0 Å². The number of aromatic nitrogens is 2.